The molecule has 0 aliphatic carbocycles. The van der Waals surface area contributed by atoms with Gasteiger partial charge in [-0.3, -0.25) is 9.82 Å². The summed E-state index contributed by atoms with van der Waals surface area (Å²) in [4.78, 5) is 0. The number of nitrogens with one attached hydrogen (secondary N) is 2. The second-order valence-electron chi connectivity index (χ2n) is 2.31. The lowest BCUT2D eigenvalue weighted by Gasteiger charge is -2.06. The van der Waals surface area contributed by atoms with Gasteiger partial charge in [0.15, 0.2) is 0 Å². The van der Waals surface area contributed by atoms with Crippen LogP contribution < -0.4 is 4.72 Å². The molecule has 4 nitrogen and oxygen atoms in total. The first kappa shape index (κ1) is 8.99. The van der Waals surface area contributed by atoms with E-state index in [0.29, 0.717) is 5.82 Å². The highest BCUT2D eigenvalue weighted by Crippen LogP contribution is 2.03. The molecule has 0 bridgehead atoms. The van der Waals surface area contributed by atoms with Crippen molar-refractivity contribution in [3.63, 3.8) is 0 Å². The van der Waals surface area contributed by atoms with E-state index in [1.165, 1.54) is 0 Å². The van der Waals surface area contributed by atoms with Gasteiger partial charge in [-0.15, -0.1) is 6.58 Å². The van der Waals surface area contributed by atoms with Crippen molar-refractivity contribution in [3.8, 4) is 0 Å². The SMILES string of the molecule is C=CC(C)S(=O)Nc1ccn[nH]1. The molecule has 0 aliphatic heterocycles. The molecule has 0 radical (unpaired) electrons. The molecule has 1 heterocycles. The van der Waals surface area contributed by atoms with Gasteiger partial charge in [-0.1, -0.05) is 6.08 Å². The van der Waals surface area contributed by atoms with E-state index < -0.39 is 11.0 Å². The molecule has 1 aromatic heterocycles. The molecule has 0 aliphatic rings. The van der Waals surface area contributed by atoms with Crippen LogP contribution in [0.25, 0.3) is 0 Å². The molecular weight excluding hydrogens is 174 g/mol. The number of H-pyrrole nitrogens is 1. The van der Waals surface area contributed by atoms with Gasteiger partial charge in [0, 0.05) is 6.07 Å². The van der Waals surface area contributed by atoms with Crippen molar-refractivity contribution in [2.24, 2.45) is 0 Å². The van der Waals surface area contributed by atoms with E-state index in [9.17, 15) is 4.21 Å². The van der Waals surface area contributed by atoms with Gasteiger partial charge in [-0.25, -0.2) is 4.21 Å². The van der Waals surface area contributed by atoms with Crippen molar-refractivity contribution >= 4 is 16.8 Å². The number of anilines is 1. The summed E-state index contributed by atoms with van der Waals surface area (Å²) in [6.45, 7) is 5.38. The smallest absolute Gasteiger partial charge is 0.133 e. The molecule has 0 aromatic carbocycles. The number of aromatic nitrogens is 2. The fourth-order valence-corrected chi connectivity index (χ4v) is 1.29. The van der Waals surface area contributed by atoms with E-state index in [0.717, 1.165) is 0 Å². The summed E-state index contributed by atoms with van der Waals surface area (Å²) in [6, 6.07) is 1.72. The first-order valence-electron chi connectivity index (χ1n) is 3.53. The number of aromatic amines is 1. The minimum Gasteiger partial charge on any atom is -0.289 e. The highest BCUT2D eigenvalue weighted by Gasteiger charge is 2.06. The standard InChI is InChI=1S/C7H11N3OS/c1-3-6(2)12(11)10-7-4-5-8-9-7/h3-6H,1H2,2H3,(H2,8,9,10). The van der Waals surface area contributed by atoms with Crippen molar-refractivity contribution in [1.82, 2.24) is 10.2 Å². The van der Waals surface area contributed by atoms with Crippen LogP contribution in [0.3, 0.4) is 0 Å². The molecule has 66 valence electrons. The van der Waals surface area contributed by atoms with Crippen molar-refractivity contribution in [3.05, 3.63) is 24.9 Å². The molecule has 1 rings (SSSR count). The molecule has 12 heavy (non-hydrogen) atoms. The average molecular weight is 185 g/mol. The Bertz CT molecular complexity index is 270. The van der Waals surface area contributed by atoms with Crippen LogP contribution in [0.5, 0.6) is 0 Å². The summed E-state index contributed by atoms with van der Waals surface area (Å²) in [5.41, 5.74) is 0. The summed E-state index contributed by atoms with van der Waals surface area (Å²) in [5, 5.41) is 6.30. The number of hydrogen-bond donors (Lipinski definition) is 2. The summed E-state index contributed by atoms with van der Waals surface area (Å²) < 4.78 is 14.1. The summed E-state index contributed by atoms with van der Waals surface area (Å²) in [6.07, 6.45) is 3.23. The zero-order valence-electron chi connectivity index (χ0n) is 6.78. The normalized spacial score (nSPS) is 15.1. The minimum absolute atomic E-state index is 0.0756. The molecule has 2 unspecified atom stereocenters. The fourth-order valence-electron chi connectivity index (χ4n) is 0.601. The highest BCUT2D eigenvalue weighted by atomic mass is 32.2. The Balaban J connectivity index is 2.53. The highest BCUT2D eigenvalue weighted by molar-refractivity contribution is 7.87. The molecule has 0 amide bonds. The third-order valence-electron chi connectivity index (χ3n) is 1.38. The van der Waals surface area contributed by atoms with Crippen LogP contribution in [-0.2, 0) is 11.0 Å². The first-order chi connectivity index (χ1) is 5.74. The van der Waals surface area contributed by atoms with Gasteiger partial charge in [-0.05, 0) is 6.92 Å². The minimum atomic E-state index is -1.13. The molecular formula is C7H11N3OS. The van der Waals surface area contributed by atoms with Crippen LogP contribution >= 0.6 is 0 Å². The van der Waals surface area contributed by atoms with E-state index in [2.05, 4.69) is 21.5 Å². The van der Waals surface area contributed by atoms with E-state index in [4.69, 9.17) is 0 Å². The van der Waals surface area contributed by atoms with Gasteiger partial charge < -0.3 is 0 Å². The Morgan fingerprint density at radius 2 is 2.67 bits per heavy atom. The van der Waals surface area contributed by atoms with Crippen LogP contribution in [-0.4, -0.2) is 19.7 Å². The van der Waals surface area contributed by atoms with E-state index >= 15 is 0 Å². The maximum atomic E-state index is 11.3. The Morgan fingerprint density at radius 3 is 3.17 bits per heavy atom. The van der Waals surface area contributed by atoms with E-state index in [-0.39, 0.29) is 5.25 Å². The lowest BCUT2D eigenvalue weighted by Crippen LogP contribution is -2.15. The van der Waals surface area contributed by atoms with Crippen molar-refractivity contribution in [2.75, 3.05) is 4.72 Å². The van der Waals surface area contributed by atoms with Gasteiger partial charge in [0.2, 0.25) is 0 Å². The predicted molar refractivity (Wildman–Crippen MR) is 50.0 cm³/mol. The largest absolute Gasteiger partial charge is 0.289 e. The zero-order valence-corrected chi connectivity index (χ0v) is 7.60. The molecule has 0 fully saturated rings. The van der Waals surface area contributed by atoms with E-state index in [1.54, 1.807) is 18.3 Å². The molecule has 0 saturated carbocycles. The molecule has 1 aromatic rings. The monoisotopic (exact) mass is 185 g/mol. The zero-order chi connectivity index (χ0) is 8.97. The maximum absolute atomic E-state index is 11.3. The Morgan fingerprint density at radius 1 is 1.92 bits per heavy atom. The quantitative estimate of drug-likeness (QED) is 0.689. The fraction of sp³-hybridized carbons (Fsp3) is 0.286. The molecule has 2 atom stereocenters. The molecule has 2 N–H and O–H groups in total. The van der Waals surface area contributed by atoms with Crippen molar-refractivity contribution in [2.45, 2.75) is 12.2 Å². The average Bonchev–Trinajstić information content (AvgIpc) is 2.55. The summed E-state index contributed by atoms with van der Waals surface area (Å²) in [7, 11) is -1.13. The second-order valence-corrected chi connectivity index (χ2v) is 3.85. The van der Waals surface area contributed by atoms with Gasteiger partial charge in [0.05, 0.1) is 11.4 Å². The molecule has 0 spiro atoms. The lowest BCUT2D eigenvalue weighted by atomic mass is 10.5. The maximum Gasteiger partial charge on any atom is 0.133 e. The predicted octanol–water partition coefficient (Wildman–Crippen LogP) is 1.06. The van der Waals surface area contributed by atoms with Crippen molar-refractivity contribution < 1.29 is 4.21 Å². The Hall–Kier alpha value is -1.10. The van der Waals surface area contributed by atoms with E-state index in [1.807, 2.05) is 6.92 Å². The summed E-state index contributed by atoms with van der Waals surface area (Å²) >= 11 is 0. The van der Waals surface area contributed by atoms with Crippen LogP contribution in [0.1, 0.15) is 6.92 Å². The topological polar surface area (TPSA) is 57.8 Å². The Labute approximate surface area is 73.7 Å². The van der Waals surface area contributed by atoms with Crippen LogP contribution in [0.2, 0.25) is 0 Å². The van der Waals surface area contributed by atoms with Crippen molar-refractivity contribution in [1.29, 1.82) is 0 Å². The van der Waals surface area contributed by atoms with Gasteiger partial charge in [0.25, 0.3) is 0 Å². The summed E-state index contributed by atoms with van der Waals surface area (Å²) in [5.74, 6) is 0.655. The first-order valence-corrected chi connectivity index (χ1v) is 4.74. The van der Waals surface area contributed by atoms with Gasteiger partial charge in [0.1, 0.15) is 16.8 Å². The number of nitrogens with zero attached hydrogens (tertiary/aromatic N) is 1. The second kappa shape index (κ2) is 4.06. The van der Waals surface area contributed by atoms with Gasteiger partial charge in [-0.2, -0.15) is 5.10 Å². The van der Waals surface area contributed by atoms with Crippen LogP contribution in [0.15, 0.2) is 24.9 Å². The molecule has 0 saturated heterocycles. The van der Waals surface area contributed by atoms with Gasteiger partial charge >= 0.3 is 0 Å². The van der Waals surface area contributed by atoms with Crippen LogP contribution in [0, 0.1) is 0 Å². The molecule has 5 heteroatoms. The Kier molecular flexibility index (Phi) is 3.04. The third-order valence-corrected chi connectivity index (χ3v) is 2.67. The van der Waals surface area contributed by atoms with Crippen LogP contribution in [0.4, 0.5) is 5.82 Å². The lowest BCUT2D eigenvalue weighted by molar-refractivity contribution is 0.683. The number of hydrogen-bond acceptors (Lipinski definition) is 2. The third kappa shape index (κ3) is 2.20. The number of rotatable bonds is 4.